The zero-order valence-electron chi connectivity index (χ0n) is 10.8. The summed E-state index contributed by atoms with van der Waals surface area (Å²) >= 11 is 6.15. The molecule has 20 heavy (non-hydrogen) atoms. The molecule has 0 bridgehead atoms. The summed E-state index contributed by atoms with van der Waals surface area (Å²) in [5.41, 5.74) is 3.33. The largest absolute Gasteiger partial charge is 0.495 e. The molecule has 0 saturated carbocycles. The molecule has 0 unspecified atom stereocenters. The minimum atomic E-state index is 0.525. The molecule has 0 saturated heterocycles. The van der Waals surface area contributed by atoms with Gasteiger partial charge in [0.1, 0.15) is 5.75 Å². The number of hydrogen-bond donors (Lipinski definition) is 0. The third-order valence-electron chi connectivity index (χ3n) is 3.29. The molecule has 0 aliphatic rings. The fraction of sp³-hybridized carbons (Fsp3) is 0.0625. The van der Waals surface area contributed by atoms with E-state index in [4.69, 9.17) is 16.3 Å². The van der Waals surface area contributed by atoms with E-state index < -0.39 is 0 Å². The van der Waals surface area contributed by atoms with E-state index >= 15 is 0 Å². The summed E-state index contributed by atoms with van der Waals surface area (Å²) in [5, 5.41) is 0.525. The van der Waals surface area contributed by atoms with Gasteiger partial charge in [0, 0.05) is 17.3 Å². The van der Waals surface area contributed by atoms with Gasteiger partial charge in [0.05, 0.1) is 17.8 Å². The van der Waals surface area contributed by atoms with Crippen molar-refractivity contribution in [2.75, 3.05) is 7.11 Å². The maximum atomic E-state index is 11.4. The molecule has 0 atom stereocenters. The van der Waals surface area contributed by atoms with Gasteiger partial charge in [-0.15, -0.1) is 0 Å². The number of methoxy groups -OCH3 is 1. The predicted octanol–water partition coefficient (Wildman–Crippen LogP) is 4.08. The van der Waals surface area contributed by atoms with Crippen molar-refractivity contribution in [3.63, 3.8) is 0 Å². The van der Waals surface area contributed by atoms with Crippen LogP contribution in [0.2, 0.25) is 5.02 Å². The lowest BCUT2D eigenvalue weighted by Crippen LogP contribution is -1.92. The van der Waals surface area contributed by atoms with Crippen molar-refractivity contribution < 1.29 is 9.53 Å². The van der Waals surface area contributed by atoms with Crippen LogP contribution in [0.25, 0.3) is 16.6 Å². The summed E-state index contributed by atoms with van der Waals surface area (Å²) in [7, 11) is 1.57. The van der Waals surface area contributed by atoms with Crippen LogP contribution in [0.15, 0.2) is 48.7 Å². The molecule has 0 aliphatic carbocycles. The number of benzene rings is 1. The maximum Gasteiger partial charge on any atom is 0.167 e. The molecular weight excluding hydrogens is 274 g/mol. The van der Waals surface area contributed by atoms with Gasteiger partial charge < -0.3 is 9.14 Å². The van der Waals surface area contributed by atoms with Crippen molar-refractivity contribution >= 4 is 23.4 Å². The number of nitrogens with zero attached hydrogens (tertiary/aromatic N) is 1. The van der Waals surface area contributed by atoms with E-state index in [2.05, 4.69) is 0 Å². The lowest BCUT2D eigenvalue weighted by atomic mass is 10.1. The molecule has 100 valence electrons. The Balaban J connectivity index is 2.23. The Labute approximate surface area is 121 Å². The minimum Gasteiger partial charge on any atom is -0.495 e. The molecule has 2 heterocycles. The summed E-state index contributed by atoms with van der Waals surface area (Å²) in [6.45, 7) is 0. The lowest BCUT2D eigenvalue weighted by Gasteiger charge is -2.05. The Hall–Kier alpha value is -2.26. The third-order valence-corrected chi connectivity index (χ3v) is 3.59. The van der Waals surface area contributed by atoms with Crippen LogP contribution in [-0.4, -0.2) is 17.8 Å². The average molecular weight is 286 g/mol. The number of pyridine rings is 1. The van der Waals surface area contributed by atoms with Gasteiger partial charge in [-0.25, -0.2) is 0 Å². The molecule has 0 spiro atoms. The first-order valence-corrected chi connectivity index (χ1v) is 6.51. The van der Waals surface area contributed by atoms with Crippen LogP contribution in [0.1, 0.15) is 10.5 Å². The second-order valence-corrected chi connectivity index (χ2v) is 4.81. The van der Waals surface area contributed by atoms with E-state index in [1.165, 1.54) is 0 Å². The van der Waals surface area contributed by atoms with E-state index in [9.17, 15) is 4.79 Å². The summed E-state index contributed by atoms with van der Waals surface area (Å²) in [5.74, 6) is 0.617. The first kappa shape index (κ1) is 12.8. The fourth-order valence-electron chi connectivity index (χ4n) is 2.33. The number of fused-ring (bicyclic) bond motifs is 1. The molecule has 4 heteroatoms. The molecule has 1 aromatic carbocycles. The standard InChI is InChI=1S/C16H12ClNO2/c1-20-16-6-5-11(8-14(16)17)13-9-12-4-2-3-7-18(12)15(13)10-19/h2-10H,1H3. The van der Waals surface area contributed by atoms with Crippen LogP contribution in [0.4, 0.5) is 0 Å². The first-order valence-electron chi connectivity index (χ1n) is 6.14. The smallest absolute Gasteiger partial charge is 0.167 e. The van der Waals surface area contributed by atoms with Gasteiger partial charge >= 0.3 is 0 Å². The van der Waals surface area contributed by atoms with Gasteiger partial charge in [-0.2, -0.15) is 0 Å². The van der Waals surface area contributed by atoms with Crippen molar-refractivity contribution in [1.29, 1.82) is 0 Å². The maximum absolute atomic E-state index is 11.4. The van der Waals surface area contributed by atoms with Gasteiger partial charge in [-0.3, -0.25) is 4.79 Å². The lowest BCUT2D eigenvalue weighted by molar-refractivity contribution is 0.111. The highest BCUT2D eigenvalue weighted by Gasteiger charge is 2.12. The second kappa shape index (κ2) is 5.02. The molecule has 0 aliphatic heterocycles. The van der Waals surface area contributed by atoms with Crippen LogP contribution < -0.4 is 4.74 Å². The van der Waals surface area contributed by atoms with Crippen LogP contribution in [0.3, 0.4) is 0 Å². The fourth-order valence-corrected chi connectivity index (χ4v) is 2.59. The van der Waals surface area contributed by atoms with E-state index in [1.54, 1.807) is 13.2 Å². The average Bonchev–Trinajstić information content (AvgIpc) is 2.85. The van der Waals surface area contributed by atoms with Gasteiger partial charge in [-0.05, 0) is 35.9 Å². The van der Waals surface area contributed by atoms with E-state index in [0.29, 0.717) is 16.5 Å². The summed E-state index contributed by atoms with van der Waals surface area (Å²) < 4.78 is 7.01. The molecule has 0 amide bonds. The van der Waals surface area contributed by atoms with Gasteiger partial charge in [0.15, 0.2) is 6.29 Å². The highest BCUT2D eigenvalue weighted by molar-refractivity contribution is 6.32. The zero-order valence-corrected chi connectivity index (χ0v) is 11.6. The molecule has 0 radical (unpaired) electrons. The SMILES string of the molecule is COc1ccc(-c2cc3ccccn3c2C=O)cc1Cl. The van der Waals surface area contributed by atoms with E-state index in [-0.39, 0.29) is 0 Å². The summed E-state index contributed by atoms with van der Waals surface area (Å²) in [6.07, 6.45) is 2.73. The van der Waals surface area contributed by atoms with Crippen molar-refractivity contribution in [2.24, 2.45) is 0 Å². The molecule has 2 aromatic heterocycles. The molecular formula is C16H12ClNO2. The minimum absolute atomic E-state index is 0.525. The summed E-state index contributed by atoms with van der Waals surface area (Å²) in [6, 6.07) is 13.3. The number of rotatable bonds is 3. The number of halogens is 1. The van der Waals surface area contributed by atoms with Crippen LogP contribution in [0, 0.1) is 0 Å². The molecule has 3 nitrogen and oxygen atoms in total. The zero-order chi connectivity index (χ0) is 14.1. The monoisotopic (exact) mass is 285 g/mol. The Morgan fingerprint density at radius 2 is 2.05 bits per heavy atom. The number of aldehydes is 1. The number of carbonyl (C=O) groups excluding carboxylic acids is 1. The van der Waals surface area contributed by atoms with Crippen LogP contribution >= 0.6 is 11.6 Å². The third kappa shape index (κ3) is 1.96. The topological polar surface area (TPSA) is 30.7 Å². The van der Waals surface area contributed by atoms with Crippen molar-refractivity contribution in [3.8, 4) is 16.9 Å². The Morgan fingerprint density at radius 1 is 1.20 bits per heavy atom. The van der Waals surface area contributed by atoms with Crippen LogP contribution in [-0.2, 0) is 0 Å². The molecule has 3 aromatic rings. The molecule has 3 rings (SSSR count). The van der Waals surface area contributed by atoms with Crippen molar-refractivity contribution in [1.82, 2.24) is 4.40 Å². The predicted molar refractivity (Wildman–Crippen MR) is 79.8 cm³/mol. The quantitative estimate of drug-likeness (QED) is 0.679. The van der Waals surface area contributed by atoms with Gasteiger partial charge in [-0.1, -0.05) is 23.7 Å². The Bertz CT molecular complexity index is 792. The highest BCUT2D eigenvalue weighted by atomic mass is 35.5. The Kier molecular flexibility index (Phi) is 3.20. The van der Waals surface area contributed by atoms with E-state index in [1.807, 2.05) is 47.0 Å². The Morgan fingerprint density at radius 3 is 2.75 bits per heavy atom. The van der Waals surface area contributed by atoms with Crippen LogP contribution in [0.5, 0.6) is 5.75 Å². The normalized spacial score (nSPS) is 10.7. The highest BCUT2D eigenvalue weighted by Crippen LogP contribution is 2.33. The molecule has 0 N–H and O–H groups in total. The van der Waals surface area contributed by atoms with Crippen molar-refractivity contribution in [2.45, 2.75) is 0 Å². The number of ether oxygens (including phenoxy) is 1. The van der Waals surface area contributed by atoms with Gasteiger partial charge in [0.25, 0.3) is 0 Å². The first-order chi connectivity index (χ1) is 9.74. The number of aromatic nitrogens is 1. The second-order valence-electron chi connectivity index (χ2n) is 4.41. The number of hydrogen-bond acceptors (Lipinski definition) is 2. The number of carbonyl (C=O) groups is 1. The summed E-state index contributed by atoms with van der Waals surface area (Å²) in [4.78, 5) is 11.4. The molecule has 0 fully saturated rings. The van der Waals surface area contributed by atoms with E-state index in [0.717, 1.165) is 22.9 Å². The van der Waals surface area contributed by atoms with Crippen molar-refractivity contribution in [3.05, 3.63) is 59.4 Å². The van der Waals surface area contributed by atoms with Gasteiger partial charge in [0.2, 0.25) is 0 Å².